The van der Waals surface area contributed by atoms with Crippen LogP contribution in [0.5, 0.6) is 5.75 Å². The summed E-state index contributed by atoms with van der Waals surface area (Å²) in [6, 6.07) is 11.6. The normalized spacial score (nSPS) is 19.6. The second-order valence-electron chi connectivity index (χ2n) is 15.5. The molecule has 0 spiro atoms. The van der Waals surface area contributed by atoms with Crippen LogP contribution in [0, 0.1) is 0 Å². The monoisotopic (exact) mass is 741 g/mol. The first-order valence-electron chi connectivity index (χ1n) is 18.9. The van der Waals surface area contributed by atoms with E-state index in [2.05, 4.69) is 35.3 Å². The first kappa shape index (κ1) is 36.9. The highest BCUT2D eigenvalue weighted by atomic mass is 32.2. The summed E-state index contributed by atoms with van der Waals surface area (Å²) in [5, 5.41) is 5.09. The van der Waals surface area contributed by atoms with Gasteiger partial charge in [0.2, 0.25) is 10.0 Å². The quantitative estimate of drug-likeness (QED) is 0.199. The third-order valence-corrected chi connectivity index (χ3v) is 12.6. The van der Waals surface area contributed by atoms with Crippen molar-refractivity contribution >= 4 is 44.4 Å². The zero-order valence-electron chi connectivity index (χ0n) is 31.8. The van der Waals surface area contributed by atoms with Crippen molar-refractivity contribution in [3.05, 3.63) is 70.5 Å². The zero-order chi connectivity index (χ0) is 37.8. The Bertz CT molecular complexity index is 2200. The molecule has 11 nitrogen and oxygen atoms in total. The lowest BCUT2D eigenvalue weighted by molar-refractivity contribution is -0.0586. The second-order valence-corrected chi connectivity index (χ2v) is 17.7. The average molecular weight is 742 g/mol. The van der Waals surface area contributed by atoms with Crippen LogP contribution in [0.1, 0.15) is 123 Å². The van der Waals surface area contributed by atoms with E-state index in [1.807, 2.05) is 47.7 Å². The lowest BCUT2D eigenvalue weighted by Gasteiger charge is -2.35. The number of rotatable bonds is 8. The van der Waals surface area contributed by atoms with Gasteiger partial charge in [0.1, 0.15) is 5.75 Å². The fourth-order valence-corrected chi connectivity index (χ4v) is 8.99. The van der Waals surface area contributed by atoms with Crippen LogP contribution in [-0.4, -0.2) is 77.1 Å². The molecule has 12 heteroatoms. The minimum absolute atomic E-state index is 0.0418. The predicted molar refractivity (Wildman–Crippen MR) is 208 cm³/mol. The molecule has 2 aliphatic heterocycles. The van der Waals surface area contributed by atoms with Crippen molar-refractivity contribution in [1.29, 1.82) is 0 Å². The number of aromatic nitrogens is 3. The van der Waals surface area contributed by atoms with Crippen molar-refractivity contribution < 1.29 is 27.5 Å². The molecule has 0 bridgehead atoms. The standard InChI is InChI=1S/C41H51N5O6S/c1-24(2)46-38(35(20-42-46)41(48)44-21-26(5)52-27(6)22-44)31-17-30-18-32(51-7)14-16-33(30)39-37(28-11-9-8-10-12-28)34-15-13-29(19-36(34)45(39)23-31)40(47)43-53(49,50)25(3)4/h13-20,24-28H,8-12,21-23H2,1-7H3,(H,43,47)/t26-,27+. The summed E-state index contributed by atoms with van der Waals surface area (Å²) in [5.74, 6) is 0.280. The smallest absolute Gasteiger partial charge is 0.264 e. The molecule has 1 saturated heterocycles. The second kappa shape index (κ2) is 14.4. The largest absolute Gasteiger partial charge is 0.497 e. The number of fused-ring (bicyclic) bond motifs is 5. The first-order chi connectivity index (χ1) is 25.3. The number of ether oxygens (including phenoxy) is 2. The number of hydrogen-bond donors (Lipinski definition) is 1. The molecule has 2 amide bonds. The van der Waals surface area contributed by atoms with Crippen molar-refractivity contribution in [1.82, 2.24) is 24.0 Å². The van der Waals surface area contributed by atoms with Gasteiger partial charge in [0, 0.05) is 41.2 Å². The Labute approximate surface area is 312 Å². The number of nitrogens with zero attached hydrogens (tertiary/aromatic N) is 4. The van der Waals surface area contributed by atoms with Crippen LogP contribution >= 0.6 is 0 Å². The molecule has 282 valence electrons. The third kappa shape index (κ3) is 6.91. The summed E-state index contributed by atoms with van der Waals surface area (Å²) >= 11 is 0. The van der Waals surface area contributed by atoms with Crippen molar-refractivity contribution in [2.24, 2.45) is 0 Å². The SMILES string of the molecule is COc1ccc2c(c1)C=C(c1c(C(=O)N3C[C@@H](C)O[C@@H](C)C3)cnn1C(C)C)Cn1c-2c(C2CCCCC2)c2ccc(C(=O)NS(=O)(=O)C(C)C)cc21. The van der Waals surface area contributed by atoms with E-state index in [9.17, 15) is 18.0 Å². The fraction of sp³-hybridized carbons (Fsp3) is 0.488. The number of sulfonamides is 1. The van der Waals surface area contributed by atoms with Crippen molar-refractivity contribution in [2.45, 2.75) is 110 Å². The molecule has 53 heavy (non-hydrogen) atoms. The summed E-state index contributed by atoms with van der Waals surface area (Å²) in [6.45, 7) is 12.6. The van der Waals surface area contributed by atoms with Crippen molar-refractivity contribution in [2.75, 3.05) is 20.2 Å². The van der Waals surface area contributed by atoms with Gasteiger partial charge in [-0.3, -0.25) is 14.3 Å². The molecular weight excluding hydrogens is 691 g/mol. The number of methoxy groups -OCH3 is 1. The van der Waals surface area contributed by atoms with Gasteiger partial charge in [-0.25, -0.2) is 13.1 Å². The van der Waals surface area contributed by atoms with Crippen LogP contribution in [0.3, 0.4) is 0 Å². The number of carbonyl (C=O) groups is 2. The van der Waals surface area contributed by atoms with Gasteiger partial charge in [-0.15, -0.1) is 0 Å². The van der Waals surface area contributed by atoms with Crippen LogP contribution < -0.4 is 9.46 Å². The van der Waals surface area contributed by atoms with E-state index < -0.39 is 21.2 Å². The van der Waals surface area contributed by atoms with Gasteiger partial charge in [0.15, 0.2) is 0 Å². The van der Waals surface area contributed by atoms with E-state index in [1.165, 1.54) is 12.0 Å². The molecule has 2 fully saturated rings. The molecule has 3 aliphatic rings. The van der Waals surface area contributed by atoms with E-state index in [4.69, 9.17) is 14.6 Å². The summed E-state index contributed by atoms with van der Waals surface area (Å²) in [5.41, 5.74) is 7.58. The van der Waals surface area contributed by atoms with Crippen LogP contribution in [0.4, 0.5) is 0 Å². The van der Waals surface area contributed by atoms with Gasteiger partial charge in [-0.05, 0) is 113 Å². The number of benzene rings is 2. The number of morpholine rings is 1. The maximum absolute atomic E-state index is 14.4. The molecular formula is C41H51N5O6S. The summed E-state index contributed by atoms with van der Waals surface area (Å²) in [7, 11) is -2.18. The van der Waals surface area contributed by atoms with Gasteiger partial charge < -0.3 is 18.9 Å². The molecule has 1 saturated carbocycles. The minimum atomic E-state index is -3.84. The Morgan fingerprint density at radius 1 is 0.962 bits per heavy atom. The van der Waals surface area contributed by atoms with Gasteiger partial charge in [-0.2, -0.15) is 5.10 Å². The van der Waals surface area contributed by atoms with Crippen molar-refractivity contribution in [3.63, 3.8) is 0 Å². The van der Waals surface area contributed by atoms with Gasteiger partial charge >= 0.3 is 0 Å². The van der Waals surface area contributed by atoms with E-state index in [0.717, 1.165) is 70.4 Å². The van der Waals surface area contributed by atoms with Gasteiger partial charge in [-0.1, -0.05) is 25.3 Å². The maximum atomic E-state index is 14.4. The zero-order valence-corrected chi connectivity index (χ0v) is 32.6. The Balaban J connectivity index is 1.46. The highest BCUT2D eigenvalue weighted by Crippen LogP contribution is 2.48. The molecule has 7 rings (SSSR count). The fourth-order valence-electron chi connectivity index (χ4n) is 8.38. The van der Waals surface area contributed by atoms with Crippen LogP contribution in [0.25, 0.3) is 33.8 Å². The Kier molecular flexibility index (Phi) is 10.1. The molecule has 4 heterocycles. The first-order valence-corrected chi connectivity index (χ1v) is 20.5. The highest BCUT2D eigenvalue weighted by molar-refractivity contribution is 7.90. The van der Waals surface area contributed by atoms with E-state index in [1.54, 1.807) is 33.2 Å². The number of carbonyl (C=O) groups excluding carboxylic acids is 2. The molecule has 2 aromatic carbocycles. The average Bonchev–Trinajstić information content (AvgIpc) is 3.66. The highest BCUT2D eigenvalue weighted by Gasteiger charge is 2.34. The van der Waals surface area contributed by atoms with Crippen molar-refractivity contribution in [3.8, 4) is 17.0 Å². The van der Waals surface area contributed by atoms with Crippen LogP contribution in [-0.2, 0) is 21.3 Å². The molecule has 0 unspecified atom stereocenters. The lowest BCUT2D eigenvalue weighted by Crippen LogP contribution is -2.48. The van der Waals surface area contributed by atoms with E-state index in [-0.39, 0.29) is 29.7 Å². The molecule has 2 atom stereocenters. The number of amides is 2. The number of hydrogen-bond acceptors (Lipinski definition) is 7. The van der Waals surface area contributed by atoms with Gasteiger partial charge in [0.25, 0.3) is 11.8 Å². The van der Waals surface area contributed by atoms with Gasteiger partial charge in [0.05, 0.1) is 54.3 Å². The Morgan fingerprint density at radius 2 is 1.68 bits per heavy atom. The molecule has 1 N–H and O–H groups in total. The minimum Gasteiger partial charge on any atom is -0.497 e. The third-order valence-electron chi connectivity index (χ3n) is 10.9. The summed E-state index contributed by atoms with van der Waals surface area (Å²) in [6.07, 6.45) is 9.28. The summed E-state index contributed by atoms with van der Waals surface area (Å²) in [4.78, 5) is 29.8. The van der Waals surface area contributed by atoms with Crippen LogP contribution in [0.15, 0.2) is 42.6 Å². The number of nitrogens with one attached hydrogen (secondary N) is 1. The van der Waals surface area contributed by atoms with Crippen LogP contribution in [0.2, 0.25) is 0 Å². The Hall–Kier alpha value is -4.42. The van der Waals surface area contributed by atoms with E-state index in [0.29, 0.717) is 31.1 Å². The topological polar surface area (TPSA) is 125 Å². The molecule has 0 radical (unpaired) electrons. The molecule has 2 aromatic heterocycles. The number of allylic oxidation sites excluding steroid dienone is 1. The predicted octanol–water partition coefficient (Wildman–Crippen LogP) is 7.41. The maximum Gasteiger partial charge on any atom is 0.264 e. The lowest BCUT2D eigenvalue weighted by atomic mass is 9.81. The molecule has 4 aromatic rings. The Morgan fingerprint density at radius 3 is 2.34 bits per heavy atom. The van der Waals surface area contributed by atoms with E-state index >= 15 is 0 Å². The molecule has 1 aliphatic carbocycles. The summed E-state index contributed by atoms with van der Waals surface area (Å²) < 4.78 is 43.7.